The van der Waals surface area contributed by atoms with Gasteiger partial charge in [-0.1, -0.05) is 13.8 Å². The van der Waals surface area contributed by atoms with Crippen LogP contribution in [-0.2, 0) is 6.54 Å². The van der Waals surface area contributed by atoms with Gasteiger partial charge in [-0.2, -0.15) is 5.10 Å². The molecule has 1 rings (SSSR count). The van der Waals surface area contributed by atoms with E-state index in [1.807, 2.05) is 24.7 Å². The van der Waals surface area contributed by atoms with Crippen molar-refractivity contribution in [2.75, 3.05) is 0 Å². The van der Waals surface area contributed by atoms with Gasteiger partial charge in [0.25, 0.3) is 0 Å². The molecule has 0 atom stereocenters. The van der Waals surface area contributed by atoms with Crippen LogP contribution in [0.5, 0.6) is 0 Å². The van der Waals surface area contributed by atoms with E-state index in [0.29, 0.717) is 6.42 Å². The van der Waals surface area contributed by atoms with E-state index in [2.05, 4.69) is 12.0 Å². The molecular weight excluding hydrogens is 164 g/mol. The Labute approximate surface area is 78.8 Å². The summed E-state index contributed by atoms with van der Waals surface area (Å²) in [6.45, 7) is 6.74. The third-order valence-corrected chi connectivity index (χ3v) is 2.02. The van der Waals surface area contributed by atoms with Crippen molar-refractivity contribution in [1.29, 1.82) is 0 Å². The summed E-state index contributed by atoms with van der Waals surface area (Å²) >= 11 is 0. The number of hydrogen-bond donors (Lipinski definition) is 0. The van der Waals surface area contributed by atoms with Gasteiger partial charge in [0.05, 0.1) is 11.3 Å². The van der Waals surface area contributed by atoms with Crippen LogP contribution in [0.15, 0.2) is 6.20 Å². The highest BCUT2D eigenvalue weighted by Crippen LogP contribution is 2.08. The molecule has 0 unspecified atom stereocenters. The zero-order valence-corrected chi connectivity index (χ0v) is 8.50. The van der Waals surface area contributed by atoms with Crippen molar-refractivity contribution < 1.29 is 4.79 Å². The average Bonchev–Trinajstić information content (AvgIpc) is 2.46. The summed E-state index contributed by atoms with van der Waals surface area (Å²) in [5.74, 6) is 0.180. The SMILES string of the molecule is CCCn1cc(C(=O)CC)c(C)n1. The van der Waals surface area contributed by atoms with Crippen molar-refractivity contribution in [3.05, 3.63) is 17.5 Å². The van der Waals surface area contributed by atoms with E-state index in [1.165, 1.54) is 0 Å². The molecule has 0 amide bonds. The minimum atomic E-state index is 0.180. The van der Waals surface area contributed by atoms with Gasteiger partial charge in [-0.3, -0.25) is 9.48 Å². The van der Waals surface area contributed by atoms with E-state index in [4.69, 9.17) is 0 Å². The first-order chi connectivity index (χ1) is 6.19. The number of ketones is 1. The van der Waals surface area contributed by atoms with Crippen molar-refractivity contribution >= 4 is 5.78 Å². The number of aryl methyl sites for hydroxylation is 2. The molecule has 1 aromatic heterocycles. The second-order valence-electron chi connectivity index (χ2n) is 3.17. The Bertz CT molecular complexity index is 302. The summed E-state index contributed by atoms with van der Waals surface area (Å²) in [5, 5.41) is 4.27. The maximum absolute atomic E-state index is 11.4. The highest BCUT2D eigenvalue weighted by atomic mass is 16.1. The van der Waals surface area contributed by atoms with Crippen LogP contribution in [0.4, 0.5) is 0 Å². The van der Waals surface area contributed by atoms with Crippen LogP contribution in [0.25, 0.3) is 0 Å². The Kier molecular flexibility index (Phi) is 3.23. The van der Waals surface area contributed by atoms with Crippen LogP contribution in [0.3, 0.4) is 0 Å². The lowest BCUT2D eigenvalue weighted by atomic mass is 10.1. The maximum Gasteiger partial charge on any atom is 0.166 e. The first-order valence-corrected chi connectivity index (χ1v) is 4.76. The molecule has 0 fully saturated rings. The Hall–Kier alpha value is -1.12. The maximum atomic E-state index is 11.4. The average molecular weight is 180 g/mol. The predicted molar refractivity (Wildman–Crippen MR) is 51.9 cm³/mol. The van der Waals surface area contributed by atoms with Gasteiger partial charge in [0.2, 0.25) is 0 Å². The number of Topliss-reactive ketones (excluding diaryl/α,β-unsaturated/α-hetero) is 1. The van der Waals surface area contributed by atoms with Crippen LogP contribution in [0, 0.1) is 6.92 Å². The zero-order chi connectivity index (χ0) is 9.84. The largest absolute Gasteiger partial charge is 0.294 e. The lowest BCUT2D eigenvalue weighted by Crippen LogP contribution is -1.97. The number of hydrogen-bond acceptors (Lipinski definition) is 2. The molecule has 0 aliphatic rings. The van der Waals surface area contributed by atoms with Crippen LogP contribution < -0.4 is 0 Å². The lowest BCUT2D eigenvalue weighted by molar-refractivity contribution is 0.0987. The summed E-state index contributed by atoms with van der Waals surface area (Å²) < 4.78 is 1.85. The third kappa shape index (κ3) is 2.17. The van der Waals surface area contributed by atoms with Crippen molar-refractivity contribution in [3.63, 3.8) is 0 Å². The Balaban J connectivity index is 2.89. The molecule has 3 heteroatoms. The molecule has 0 spiro atoms. The molecule has 0 aliphatic heterocycles. The monoisotopic (exact) mass is 180 g/mol. The van der Waals surface area contributed by atoms with Crippen molar-refractivity contribution in [1.82, 2.24) is 9.78 Å². The lowest BCUT2D eigenvalue weighted by Gasteiger charge is -1.94. The second kappa shape index (κ2) is 4.21. The van der Waals surface area contributed by atoms with E-state index in [1.54, 1.807) is 0 Å². The van der Waals surface area contributed by atoms with E-state index in [-0.39, 0.29) is 5.78 Å². The van der Waals surface area contributed by atoms with Gasteiger partial charge in [0.15, 0.2) is 5.78 Å². The molecular formula is C10H16N2O. The van der Waals surface area contributed by atoms with Gasteiger partial charge in [-0.25, -0.2) is 0 Å². The van der Waals surface area contributed by atoms with Gasteiger partial charge in [-0.05, 0) is 13.3 Å². The minimum Gasteiger partial charge on any atom is -0.294 e. The van der Waals surface area contributed by atoms with Gasteiger partial charge >= 0.3 is 0 Å². The molecule has 1 heterocycles. The summed E-state index contributed by atoms with van der Waals surface area (Å²) in [6.07, 6.45) is 3.45. The predicted octanol–water partition coefficient (Wildman–Crippen LogP) is 2.19. The second-order valence-corrected chi connectivity index (χ2v) is 3.17. The fraction of sp³-hybridized carbons (Fsp3) is 0.600. The number of aromatic nitrogens is 2. The van der Waals surface area contributed by atoms with Crippen molar-refractivity contribution in [3.8, 4) is 0 Å². The van der Waals surface area contributed by atoms with Gasteiger partial charge in [0.1, 0.15) is 0 Å². The van der Waals surface area contributed by atoms with E-state index < -0.39 is 0 Å². The summed E-state index contributed by atoms with van der Waals surface area (Å²) in [6, 6.07) is 0. The summed E-state index contributed by atoms with van der Waals surface area (Å²) in [7, 11) is 0. The first-order valence-electron chi connectivity index (χ1n) is 4.76. The molecule has 0 saturated heterocycles. The number of carbonyl (C=O) groups is 1. The highest BCUT2D eigenvalue weighted by Gasteiger charge is 2.10. The molecule has 0 aromatic carbocycles. The topological polar surface area (TPSA) is 34.9 Å². The quantitative estimate of drug-likeness (QED) is 0.666. The van der Waals surface area contributed by atoms with Gasteiger partial charge in [-0.15, -0.1) is 0 Å². The van der Waals surface area contributed by atoms with Crippen molar-refractivity contribution in [2.24, 2.45) is 0 Å². The fourth-order valence-electron chi connectivity index (χ4n) is 1.33. The minimum absolute atomic E-state index is 0.180. The molecule has 0 saturated carbocycles. The molecule has 0 bridgehead atoms. The normalized spacial score (nSPS) is 10.4. The van der Waals surface area contributed by atoms with Gasteiger partial charge in [0, 0.05) is 19.2 Å². The van der Waals surface area contributed by atoms with E-state index >= 15 is 0 Å². The molecule has 72 valence electrons. The van der Waals surface area contributed by atoms with E-state index in [9.17, 15) is 4.79 Å². The summed E-state index contributed by atoms with van der Waals surface area (Å²) in [4.78, 5) is 11.4. The number of rotatable bonds is 4. The molecule has 3 nitrogen and oxygen atoms in total. The molecule has 13 heavy (non-hydrogen) atoms. The standard InChI is InChI=1S/C10H16N2O/c1-4-6-12-7-9(8(3)11-12)10(13)5-2/h7H,4-6H2,1-3H3. The number of carbonyl (C=O) groups excluding carboxylic acids is 1. The molecule has 0 N–H and O–H groups in total. The zero-order valence-electron chi connectivity index (χ0n) is 8.50. The van der Waals surface area contributed by atoms with Crippen LogP contribution in [-0.4, -0.2) is 15.6 Å². The van der Waals surface area contributed by atoms with E-state index in [0.717, 1.165) is 24.2 Å². The smallest absolute Gasteiger partial charge is 0.166 e. The summed E-state index contributed by atoms with van der Waals surface area (Å²) in [5.41, 5.74) is 1.62. The van der Waals surface area contributed by atoms with Crippen molar-refractivity contribution in [2.45, 2.75) is 40.2 Å². The molecule has 1 aromatic rings. The molecule has 0 radical (unpaired) electrons. The van der Waals surface area contributed by atoms with Crippen LogP contribution >= 0.6 is 0 Å². The Morgan fingerprint density at radius 3 is 2.77 bits per heavy atom. The van der Waals surface area contributed by atoms with Crippen LogP contribution in [0.1, 0.15) is 42.7 Å². The number of nitrogens with zero attached hydrogens (tertiary/aromatic N) is 2. The highest BCUT2D eigenvalue weighted by molar-refractivity contribution is 5.96. The first kappa shape index (κ1) is 9.96. The molecule has 0 aliphatic carbocycles. The van der Waals surface area contributed by atoms with Gasteiger partial charge < -0.3 is 0 Å². The third-order valence-electron chi connectivity index (χ3n) is 2.02. The van der Waals surface area contributed by atoms with Crippen LogP contribution in [0.2, 0.25) is 0 Å². The fourth-order valence-corrected chi connectivity index (χ4v) is 1.33. The Morgan fingerprint density at radius 2 is 2.23 bits per heavy atom. The Morgan fingerprint density at radius 1 is 1.54 bits per heavy atom.